The zero-order valence-corrected chi connectivity index (χ0v) is 16.0. The Kier molecular flexibility index (Phi) is 5.38. The van der Waals surface area contributed by atoms with Crippen LogP contribution in [0.4, 0.5) is 10.2 Å². The zero-order chi connectivity index (χ0) is 19.5. The fourth-order valence-electron chi connectivity index (χ4n) is 3.34. The van der Waals surface area contributed by atoms with Crippen molar-refractivity contribution < 1.29 is 9.13 Å². The van der Waals surface area contributed by atoms with Crippen LogP contribution in [-0.4, -0.2) is 39.8 Å². The third kappa shape index (κ3) is 4.06. The van der Waals surface area contributed by atoms with Crippen molar-refractivity contribution >= 4 is 11.5 Å². The number of hydrogen-bond acceptors (Lipinski definition) is 6. The molecule has 3 N–H and O–H groups in total. The molecule has 3 aromatic rings. The maximum atomic E-state index is 13.6. The molecule has 1 aliphatic heterocycles. The van der Waals surface area contributed by atoms with Gasteiger partial charge in [0.15, 0.2) is 5.65 Å². The Morgan fingerprint density at radius 2 is 1.96 bits per heavy atom. The van der Waals surface area contributed by atoms with Crippen LogP contribution in [0.2, 0.25) is 0 Å². The molecule has 0 bridgehead atoms. The van der Waals surface area contributed by atoms with Gasteiger partial charge < -0.3 is 15.8 Å². The van der Waals surface area contributed by atoms with Gasteiger partial charge >= 0.3 is 0 Å². The molecule has 0 spiro atoms. The Balaban J connectivity index is 0.000000275. The van der Waals surface area contributed by atoms with E-state index in [-0.39, 0.29) is 5.82 Å². The second-order valence-corrected chi connectivity index (χ2v) is 7.19. The quantitative estimate of drug-likeness (QED) is 0.721. The number of nitrogens with zero attached hydrogens (tertiary/aromatic N) is 4. The molecule has 1 saturated heterocycles. The van der Waals surface area contributed by atoms with Gasteiger partial charge in [0.2, 0.25) is 0 Å². The van der Waals surface area contributed by atoms with Gasteiger partial charge in [-0.25, -0.2) is 18.9 Å². The second-order valence-electron chi connectivity index (χ2n) is 7.19. The highest BCUT2D eigenvalue weighted by Crippen LogP contribution is 2.43. The summed E-state index contributed by atoms with van der Waals surface area (Å²) in [6, 6.07) is 4.34. The molecule has 0 atom stereocenters. The standard InChI is InChI=1S/C15H14FN5O.C5H11N/c1-22-12-6-14-18-7-11(10-4-9(16)5-13(17)19-10)21(14)20-15(12)8-2-3-8;1-2-4-6-5-3-1/h4-8H,2-3H2,1H3,(H2,17,19);6H,1-5H2. The molecule has 2 aliphatic rings. The number of halogens is 1. The van der Waals surface area contributed by atoms with Crippen molar-refractivity contribution in [2.24, 2.45) is 0 Å². The van der Waals surface area contributed by atoms with Gasteiger partial charge in [0.25, 0.3) is 0 Å². The van der Waals surface area contributed by atoms with Crippen molar-refractivity contribution in [3.63, 3.8) is 0 Å². The van der Waals surface area contributed by atoms with Crippen LogP contribution < -0.4 is 15.8 Å². The summed E-state index contributed by atoms with van der Waals surface area (Å²) in [6.07, 6.45) is 8.03. The molecule has 28 heavy (non-hydrogen) atoms. The third-order valence-corrected chi connectivity index (χ3v) is 4.95. The normalized spacial score (nSPS) is 16.5. The molecule has 0 radical (unpaired) electrons. The molecule has 0 amide bonds. The lowest BCUT2D eigenvalue weighted by molar-refractivity contribution is 0.405. The zero-order valence-electron chi connectivity index (χ0n) is 16.0. The van der Waals surface area contributed by atoms with Gasteiger partial charge in [0.1, 0.15) is 28.8 Å². The van der Waals surface area contributed by atoms with Gasteiger partial charge in [-0.05, 0) is 38.8 Å². The van der Waals surface area contributed by atoms with Crippen molar-refractivity contribution in [2.75, 3.05) is 25.9 Å². The summed E-state index contributed by atoms with van der Waals surface area (Å²) in [7, 11) is 1.62. The SMILES string of the molecule is C1CCNCC1.COc1cc2ncc(-c3cc(F)cc(N)n3)n2nc1C1CC1. The highest BCUT2D eigenvalue weighted by Gasteiger charge is 2.29. The molecule has 3 aromatic heterocycles. The minimum absolute atomic E-state index is 0.126. The summed E-state index contributed by atoms with van der Waals surface area (Å²) in [4.78, 5) is 8.47. The average molecular weight is 384 g/mol. The Morgan fingerprint density at radius 3 is 2.54 bits per heavy atom. The van der Waals surface area contributed by atoms with E-state index in [0.717, 1.165) is 24.3 Å². The summed E-state index contributed by atoms with van der Waals surface area (Å²) in [5.41, 5.74) is 8.16. The summed E-state index contributed by atoms with van der Waals surface area (Å²) in [5, 5.41) is 7.91. The van der Waals surface area contributed by atoms with E-state index in [1.165, 1.54) is 44.5 Å². The minimum Gasteiger partial charge on any atom is -0.495 e. The Labute approximate surface area is 163 Å². The van der Waals surface area contributed by atoms with Gasteiger partial charge in [-0.2, -0.15) is 5.10 Å². The maximum absolute atomic E-state index is 13.6. The van der Waals surface area contributed by atoms with E-state index in [0.29, 0.717) is 23.0 Å². The lowest BCUT2D eigenvalue weighted by atomic mass is 10.2. The van der Waals surface area contributed by atoms with Crippen molar-refractivity contribution in [3.8, 4) is 17.1 Å². The predicted octanol–water partition coefficient (Wildman–Crippen LogP) is 3.16. The summed E-state index contributed by atoms with van der Waals surface area (Å²) in [5.74, 6) is 0.841. The lowest BCUT2D eigenvalue weighted by Crippen LogP contribution is -2.21. The van der Waals surface area contributed by atoms with Crippen LogP contribution in [0.5, 0.6) is 5.75 Å². The summed E-state index contributed by atoms with van der Waals surface area (Å²) < 4.78 is 20.6. The summed E-state index contributed by atoms with van der Waals surface area (Å²) in [6.45, 7) is 2.50. The van der Waals surface area contributed by atoms with E-state index in [9.17, 15) is 4.39 Å². The van der Waals surface area contributed by atoms with E-state index in [1.54, 1.807) is 17.8 Å². The highest BCUT2D eigenvalue weighted by atomic mass is 19.1. The number of fused-ring (bicyclic) bond motifs is 1. The maximum Gasteiger partial charge on any atom is 0.157 e. The van der Waals surface area contributed by atoms with Gasteiger partial charge in [-0.1, -0.05) is 6.42 Å². The number of hydrogen-bond donors (Lipinski definition) is 2. The van der Waals surface area contributed by atoms with Gasteiger partial charge in [-0.15, -0.1) is 0 Å². The number of pyridine rings is 1. The number of nitrogen functional groups attached to an aromatic ring is 1. The van der Waals surface area contributed by atoms with E-state index in [1.807, 2.05) is 6.07 Å². The van der Waals surface area contributed by atoms with Crippen LogP contribution in [0.3, 0.4) is 0 Å². The Bertz CT molecular complexity index is 933. The van der Waals surface area contributed by atoms with Crippen LogP contribution in [0.1, 0.15) is 43.7 Å². The lowest BCUT2D eigenvalue weighted by Gasteiger charge is -2.08. The van der Waals surface area contributed by atoms with E-state index in [2.05, 4.69) is 20.4 Å². The Hall–Kier alpha value is -2.74. The first-order chi connectivity index (χ1) is 13.7. The number of rotatable bonds is 3. The fraction of sp³-hybridized carbons (Fsp3) is 0.450. The number of anilines is 1. The van der Waals surface area contributed by atoms with Crippen LogP contribution in [0.25, 0.3) is 17.0 Å². The van der Waals surface area contributed by atoms with Crippen molar-refractivity contribution in [1.29, 1.82) is 0 Å². The van der Waals surface area contributed by atoms with Crippen LogP contribution in [-0.2, 0) is 0 Å². The number of nitrogens with two attached hydrogens (primary N) is 1. The molecule has 7 nitrogen and oxygen atoms in total. The molecular weight excluding hydrogens is 359 g/mol. The molecule has 1 aliphatic carbocycles. The first kappa shape index (κ1) is 18.6. The van der Waals surface area contributed by atoms with E-state index in [4.69, 9.17) is 10.5 Å². The largest absolute Gasteiger partial charge is 0.495 e. The molecule has 1 saturated carbocycles. The fourth-order valence-corrected chi connectivity index (χ4v) is 3.34. The first-order valence-corrected chi connectivity index (χ1v) is 9.72. The Morgan fingerprint density at radius 1 is 1.18 bits per heavy atom. The van der Waals surface area contributed by atoms with Crippen molar-refractivity contribution in [2.45, 2.75) is 38.0 Å². The molecule has 8 heteroatoms. The third-order valence-electron chi connectivity index (χ3n) is 4.95. The molecule has 2 fully saturated rings. The molecule has 5 rings (SSSR count). The van der Waals surface area contributed by atoms with Gasteiger partial charge in [-0.3, -0.25) is 0 Å². The number of nitrogens with one attached hydrogen (secondary N) is 1. The van der Waals surface area contributed by atoms with Crippen molar-refractivity contribution in [3.05, 3.63) is 35.9 Å². The molecule has 4 heterocycles. The molecular formula is C20H25FN6O. The topological polar surface area (TPSA) is 90.4 Å². The van der Waals surface area contributed by atoms with E-state index < -0.39 is 5.82 Å². The average Bonchev–Trinajstić information content (AvgIpc) is 3.47. The number of ether oxygens (including phenoxy) is 1. The number of aromatic nitrogens is 4. The monoisotopic (exact) mass is 384 g/mol. The van der Waals surface area contributed by atoms with Crippen LogP contribution >= 0.6 is 0 Å². The first-order valence-electron chi connectivity index (χ1n) is 9.72. The van der Waals surface area contributed by atoms with Gasteiger partial charge in [0, 0.05) is 24.1 Å². The van der Waals surface area contributed by atoms with E-state index >= 15 is 0 Å². The minimum atomic E-state index is -0.437. The van der Waals surface area contributed by atoms with Crippen LogP contribution in [0.15, 0.2) is 24.4 Å². The molecule has 0 unspecified atom stereocenters. The predicted molar refractivity (Wildman–Crippen MR) is 106 cm³/mol. The molecule has 148 valence electrons. The molecule has 0 aromatic carbocycles. The number of methoxy groups -OCH3 is 1. The smallest absolute Gasteiger partial charge is 0.157 e. The summed E-state index contributed by atoms with van der Waals surface area (Å²) >= 11 is 0. The van der Waals surface area contributed by atoms with Crippen molar-refractivity contribution in [1.82, 2.24) is 24.9 Å². The highest BCUT2D eigenvalue weighted by molar-refractivity contribution is 5.62. The van der Waals surface area contributed by atoms with Gasteiger partial charge in [0.05, 0.1) is 19.0 Å². The van der Waals surface area contributed by atoms with Crippen LogP contribution in [0, 0.1) is 5.82 Å². The second kappa shape index (κ2) is 8.10. The number of imidazole rings is 1. The number of piperidine rings is 1.